The van der Waals surface area contributed by atoms with Gasteiger partial charge >= 0.3 is 0 Å². The highest BCUT2D eigenvalue weighted by Gasteiger charge is 2.34. The molecule has 1 aliphatic heterocycles. The Labute approximate surface area is 175 Å². The summed E-state index contributed by atoms with van der Waals surface area (Å²) < 4.78 is 5.18. The van der Waals surface area contributed by atoms with Crippen molar-refractivity contribution in [1.29, 1.82) is 0 Å². The molecule has 0 amide bonds. The lowest BCUT2D eigenvalue weighted by atomic mass is 10.0. The monoisotopic (exact) mass is 404 g/mol. The van der Waals surface area contributed by atoms with E-state index in [1.165, 1.54) is 12.8 Å². The van der Waals surface area contributed by atoms with E-state index in [2.05, 4.69) is 30.4 Å². The fourth-order valence-electron chi connectivity index (χ4n) is 3.94. The van der Waals surface area contributed by atoms with Crippen LogP contribution in [0.3, 0.4) is 0 Å². The standard InChI is InChI=1S/C22H24N6O2/c1-30-21-11-16(6-7-24-21)15-4-5-17(20(29)10-15)18-12-25-22(27-26-18)28-9-8-23-19(13-28)14-2-3-14/h4-7,10-12,14,19,23,29H,2-3,8-9,13H2,1H3/t19-/m1/s1. The summed E-state index contributed by atoms with van der Waals surface area (Å²) in [6, 6.07) is 9.68. The lowest BCUT2D eigenvalue weighted by Crippen LogP contribution is -2.52. The minimum Gasteiger partial charge on any atom is -0.507 e. The molecular weight excluding hydrogens is 380 g/mol. The first-order valence-electron chi connectivity index (χ1n) is 10.2. The summed E-state index contributed by atoms with van der Waals surface area (Å²) in [7, 11) is 1.58. The van der Waals surface area contributed by atoms with E-state index in [1.807, 2.05) is 24.3 Å². The van der Waals surface area contributed by atoms with Crippen molar-refractivity contribution < 1.29 is 9.84 Å². The minimum atomic E-state index is 0.128. The Bertz CT molecular complexity index is 1040. The van der Waals surface area contributed by atoms with E-state index in [9.17, 15) is 5.11 Å². The number of nitrogens with zero attached hydrogens (tertiary/aromatic N) is 5. The van der Waals surface area contributed by atoms with Crippen LogP contribution in [-0.4, -0.2) is 58.1 Å². The van der Waals surface area contributed by atoms with Gasteiger partial charge in [0, 0.05) is 43.5 Å². The number of phenols is 1. The molecule has 0 spiro atoms. The third kappa shape index (κ3) is 3.78. The number of aromatic hydroxyl groups is 1. The van der Waals surface area contributed by atoms with Crippen LogP contribution in [0.5, 0.6) is 11.6 Å². The van der Waals surface area contributed by atoms with Crippen LogP contribution >= 0.6 is 0 Å². The van der Waals surface area contributed by atoms with Gasteiger partial charge in [0.25, 0.3) is 0 Å². The number of ether oxygens (including phenoxy) is 1. The minimum absolute atomic E-state index is 0.128. The van der Waals surface area contributed by atoms with Crippen molar-refractivity contribution >= 4 is 5.95 Å². The first-order valence-corrected chi connectivity index (χ1v) is 10.2. The molecule has 2 aliphatic rings. The third-order valence-electron chi connectivity index (χ3n) is 5.78. The van der Waals surface area contributed by atoms with Crippen molar-refractivity contribution in [3.05, 3.63) is 42.7 Å². The van der Waals surface area contributed by atoms with E-state index in [0.717, 1.165) is 36.7 Å². The first kappa shape index (κ1) is 18.7. The maximum atomic E-state index is 10.6. The van der Waals surface area contributed by atoms with Gasteiger partial charge in [-0.2, -0.15) is 0 Å². The second-order valence-electron chi connectivity index (χ2n) is 7.81. The lowest BCUT2D eigenvalue weighted by Gasteiger charge is -2.33. The molecule has 8 nitrogen and oxygen atoms in total. The highest BCUT2D eigenvalue weighted by Crippen LogP contribution is 2.35. The summed E-state index contributed by atoms with van der Waals surface area (Å²) in [5, 5.41) is 22.9. The summed E-state index contributed by atoms with van der Waals surface area (Å²) in [6.07, 6.45) is 5.98. The van der Waals surface area contributed by atoms with Crippen LogP contribution in [-0.2, 0) is 0 Å². The van der Waals surface area contributed by atoms with Gasteiger partial charge in [0.2, 0.25) is 11.8 Å². The molecule has 2 N–H and O–H groups in total. The van der Waals surface area contributed by atoms with Gasteiger partial charge in [0.05, 0.1) is 13.3 Å². The molecule has 0 bridgehead atoms. The first-order chi connectivity index (χ1) is 14.7. The average molecular weight is 404 g/mol. The molecular formula is C22H24N6O2. The molecule has 5 rings (SSSR count). The van der Waals surface area contributed by atoms with Crippen LogP contribution in [0.25, 0.3) is 22.4 Å². The number of benzene rings is 1. The molecule has 1 saturated carbocycles. The molecule has 1 aromatic carbocycles. The second-order valence-corrected chi connectivity index (χ2v) is 7.81. The predicted octanol–water partition coefficient (Wildman–Crippen LogP) is 2.50. The summed E-state index contributed by atoms with van der Waals surface area (Å²) in [6.45, 7) is 2.73. The van der Waals surface area contributed by atoms with E-state index >= 15 is 0 Å². The number of hydrogen-bond donors (Lipinski definition) is 2. The van der Waals surface area contributed by atoms with Crippen LogP contribution in [0, 0.1) is 5.92 Å². The average Bonchev–Trinajstić information content (AvgIpc) is 3.65. The smallest absolute Gasteiger partial charge is 0.245 e. The topological polar surface area (TPSA) is 96.3 Å². The number of piperazine rings is 1. The van der Waals surface area contributed by atoms with Gasteiger partial charge in [-0.3, -0.25) is 0 Å². The Hall–Kier alpha value is -3.26. The van der Waals surface area contributed by atoms with Crippen LogP contribution in [0.2, 0.25) is 0 Å². The van der Waals surface area contributed by atoms with Crippen molar-refractivity contribution in [3.63, 3.8) is 0 Å². The van der Waals surface area contributed by atoms with Gasteiger partial charge in [-0.05, 0) is 48.1 Å². The van der Waals surface area contributed by atoms with Crippen molar-refractivity contribution in [1.82, 2.24) is 25.5 Å². The van der Waals surface area contributed by atoms with Gasteiger partial charge in [-0.25, -0.2) is 9.97 Å². The maximum Gasteiger partial charge on any atom is 0.245 e. The zero-order valence-corrected chi connectivity index (χ0v) is 16.8. The maximum absolute atomic E-state index is 10.6. The zero-order valence-electron chi connectivity index (χ0n) is 16.8. The fraction of sp³-hybridized carbons (Fsp3) is 0.364. The van der Waals surface area contributed by atoms with Crippen LogP contribution < -0.4 is 15.0 Å². The lowest BCUT2D eigenvalue weighted by molar-refractivity contribution is 0.398. The number of anilines is 1. The van der Waals surface area contributed by atoms with E-state index in [-0.39, 0.29) is 5.75 Å². The number of methoxy groups -OCH3 is 1. The molecule has 30 heavy (non-hydrogen) atoms. The normalized spacial score (nSPS) is 19.0. The van der Waals surface area contributed by atoms with Gasteiger partial charge in [0.15, 0.2) is 0 Å². The number of phenolic OH excluding ortho intramolecular Hbond substituents is 1. The largest absolute Gasteiger partial charge is 0.507 e. The van der Waals surface area contributed by atoms with Crippen molar-refractivity contribution in [2.45, 2.75) is 18.9 Å². The Balaban J connectivity index is 1.35. The number of pyridine rings is 1. The number of nitrogens with one attached hydrogen (secondary N) is 1. The summed E-state index contributed by atoms with van der Waals surface area (Å²) in [4.78, 5) is 10.8. The van der Waals surface area contributed by atoms with Crippen LogP contribution in [0.4, 0.5) is 5.95 Å². The molecule has 3 aromatic rings. The highest BCUT2D eigenvalue weighted by atomic mass is 16.5. The predicted molar refractivity (Wildman–Crippen MR) is 113 cm³/mol. The summed E-state index contributed by atoms with van der Waals surface area (Å²) >= 11 is 0. The van der Waals surface area contributed by atoms with Crippen LogP contribution in [0.15, 0.2) is 42.7 Å². The van der Waals surface area contributed by atoms with Gasteiger partial charge < -0.3 is 20.1 Å². The van der Waals surface area contributed by atoms with Crippen LogP contribution in [0.1, 0.15) is 12.8 Å². The molecule has 1 atom stereocenters. The molecule has 8 heteroatoms. The highest BCUT2D eigenvalue weighted by molar-refractivity contribution is 5.74. The van der Waals surface area contributed by atoms with Gasteiger partial charge in [0.1, 0.15) is 11.4 Å². The van der Waals surface area contributed by atoms with Crippen molar-refractivity contribution in [2.24, 2.45) is 5.92 Å². The molecule has 0 radical (unpaired) electrons. The Morgan fingerprint density at radius 2 is 1.97 bits per heavy atom. The Morgan fingerprint density at radius 3 is 2.70 bits per heavy atom. The van der Waals surface area contributed by atoms with E-state index in [0.29, 0.717) is 29.1 Å². The van der Waals surface area contributed by atoms with Gasteiger partial charge in [-0.1, -0.05) is 6.07 Å². The molecule has 3 heterocycles. The number of aromatic nitrogens is 4. The number of hydrogen-bond acceptors (Lipinski definition) is 8. The Morgan fingerprint density at radius 1 is 1.10 bits per heavy atom. The molecule has 154 valence electrons. The Kier molecular flexibility index (Phi) is 4.92. The molecule has 2 aromatic heterocycles. The van der Waals surface area contributed by atoms with Gasteiger partial charge in [-0.15, -0.1) is 10.2 Å². The van der Waals surface area contributed by atoms with Crippen molar-refractivity contribution in [2.75, 3.05) is 31.6 Å². The quantitative estimate of drug-likeness (QED) is 0.670. The SMILES string of the molecule is COc1cc(-c2ccc(-c3cnc(N4CCN[C@@H](C5CC5)C4)nn3)c(O)c2)ccn1. The van der Waals surface area contributed by atoms with Crippen molar-refractivity contribution in [3.8, 4) is 34.0 Å². The summed E-state index contributed by atoms with van der Waals surface area (Å²) in [5.74, 6) is 2.09. The molecule has 0 unspecified atom stereocenters. The third-order valence-corrected chi connectivity index (χ3v) is 5.78. The molecule has 1 aliphatic carbocycles. The number of rotatable bonds is 5. The second kappa shape index (κ2) is 7.87. The fourth-order valence-corrected chi connectivity index (χ4v) is 3.94. The molecule has 2 fully saturated rings. The molecule has 1 saturated heterocycles. The van der Waals surface area contributed by atoms with E-state index in [1.54, 1.807) is 25.6 Å². The zero-order chi connectivity index (χ0) is 20.5. The summed E-state index contributed by atoms with van der Waals surface area (Å²) in [5.41, 5.74) is 2.92. The van der Waals surface area contributed by atoms with E-state index in [4.69, 9.17) is 4.74 Å². The van der Waals surface area contributed by atoms with E-state index < -0.39 is 0 Å².